The van der Waals surface area contributed by atoms with Crippen LogP contribution < -0.4 is 9.47 Å². The van der Waals surface area contributed by atoms with Crippen LogP contribution in [-0.4, -0.2) is 35.0 Å². The van der Waals surface area contributed by atoms with E-state index in [1.807, 2.05) is 42.8 Å². The van der Waals surface area contributed by atoms with Gasteiger partial charge in [0.05, 0.1) is 25.4 Å². The number of hydrogen-bond acceptors (Lipinski definition) is 4. The highest BCUT2D eigenvalue weighted by molar-refractivity contribution is 6.04. The number of carboxylic acids is 1. The molecule has 0 aliphatic rings. The number of hydrogen-bond donors (Lipinski definition) is 2. The van der Waals surface area contributed by atoms with Crippen LogP contribution >= 0.6 is 0 Å². The summed E-state index contributed by atoms with van der Waals surface area (Å²) in [6.07, 6.45) is 1.58. The third-order valence-corrected chi connectivity index (χ3v) is 4.96. The Hall–Kier alpha value is -3.41. The number of nitrogens with zero attached hydrogens (tertiary/aromatic N) is 1. The Bertz CT molecular complexity index is 1110. The highest BCUT2D eigenvalue weighted by atomic mass is 16.5. The second-order valence-corrected chi connectivity index (χ2v) is 6.61. The number of carbonyl (C=O) groups is 1. The number of methoxy groups -OCH3 is 2. The molecule has 1 aromatic heterocycles. The number of aliphatic carboxylic acids is 1. The van der Waals surface area contributed by atoms with E-state index in [1.165, 1.54) is 14.0 Å². The summed E-state index contributed by atoms with van der Waals surface area (Å²) in [6.45, 7) is 3.45. The number of rotatable bonds is 5. The Morgan fingerprint density at radius 2 is 1.79 bits per heavy atom. The molecule has 3 aromatic rings. The van der Waals surface area contributed by atoms with Crippen molar-refractivity contribution < 1.29 is 24.5 Å². The topological polar surface area (TPSA) is 80.9 Å². The number of para-hydroxylation sites is 1. The van der Waals surface area contributed by atoms with Gasteiger partial charge in [-0.15, -0.1) is 0 Å². The third-order valence-electron chi connectivity index (χ3n) is 4.96. The van der Waals surface area contributed by atoms with Crippen molar-refractivity contribution in [1.82, 2.24) is 4.57 Å². The van der Waals surface area contributed by atoms with Gasteiger partial charge in [-0.1, -0.05) is 12.1 Å². The molecule has 0 bridgehead atoms. The van der Waals surface area contributed by atoms with Crippen molar-refractivity contribution in [3.05, 3.63) is 47.0 Å². The van der Waals surface area contributed by atoms with Crippen LogP contribution in [0.1, 0.15) is 18.1 Å². The number of aromatic hydroxyl groups is 1. The summed E-state index contributed by atoms with van der Waals surface area (Å²) in [7, 11) is 4.97. The summed E-state index contributed by atoms with van der Waals surface area (Å²) < 4.78 is 12.8. The summed E-state index contributed by atoms with van der Waals surface area (Å²) >= 11 is 0. The van der Waals surface area contributed by atoms with Crippen LogP contribution in [0.5, 0.6) is 17.2 Å². The van der Waals surface area contributed by atoms with Crippen LogP contribution in [0, 0.1) is 6.92 Å². The number of aryl methyl sites for hydroxylation is 2. The lowest BCUT2D eigenvalue weighted by atomic mass is 10.0. The zero-order valence-electron chi connectivity index (χ0n) is 16.5. The molecule has 3 rings (SSSR count). The molecule has 0 fully saturated rings. The van der Waals surface area contributed by atoms with E-state index in [1.54, 1.807) is 19.3 Å². The van der Waals surface area contributed by atoms with E-state index in [0.717, 1.165) is 22.3 Å². The number of ether oxygens (including phenoxy) is 2. The molecule has 2 N–H and O–H groups in total. The molecule has 1 heterocycles. The van der Waals surface area contributed by atoms with Crippen molar-refractivity contribution in [2.45, 2.75) is 13.8 Å². The normalized spacial score (nSPS) is 11.7. The van der Waals surface area contributed by atoms with E-state index in [-0.39, 0.29) is 17.1 Å². The molecule has 0 saturated heterocycles. The predicted molar refractivity (Wildman–Crippen MR) is 109 cm³/mol. The van der Waals surface area contributed by atoms with Crippen molar-refractivity contribution >= 4 is 22.9 Å². The largest absolute Gasteiger partial charge is 0.504 e. The standard InChI is InChI=1S/C22H23NO5/c1-12(22(25)26)10-14-11-17(28-5)21(24)18-13(2)19(23(3)20(14)18)15-8-6-7-9-16(15)27-4/h6-11,24H,1-5H3,(H,25,26)/b12-10+. The molecular formula is C22H23NO5. The fourth-order valence-electron chi connectivity index (χ4n) is 3.64. The molecule has 2 aromatic carbocycles. The van der Waals surface area contributed by atoms with Crippen LogP contribution in [0.3, 0.4) is 0 Å². The molecule has 0 saturated carbocycles. The van der Waals surface area contributed by atoms with Crippen molar-refractivity contribution in [3.8, 4) is 28.5 Å². The smallest absolute Gasteiger partial charge is 0.331 e. The lowest BCUT2D eigenvalue weighted by Gasteiger charge is -2.12. The van der Waals surface area contributed by atoms with Gasteiger partial charge in [0, 0.05) is 29.1 Å². The Balaban J connectivity index is 2.47. The third kappa shape index (κ3) is 2.97. The summed E-state index contributed by atoms with van der Waals surface area (Å²) in [6, 6.07) is 9.29. The SMILES string of the molecule is COc1ccccc1-c1c(C)c2c(O)c(OC)cc(/C=C(\C)C(=O)O)c2n1C. The lowest BCUT2D eigenvalue weighted by molar-refractivity contribution is -0.132. The number of aromatic nitrogens is 1. The zero-order valence-corrected chi connectivity index (χ0v) is 16.5. The summed E-state index contributed by atoms with van der Waals surface area (Å²) in [5.74, 6) is 0.0203. The molecule has 0 spiro atoms. The van der Waals surface area contributed by atoms with E-state index >= 15 is 0 Å². The molecule has 0 aliphatic carbocycles. The predicted octanol–water partition coefficient (Wildman–Crippen LogP) is 4.36. The van der Waals surface area contributed by atoms with Crippen LogP contribution in [-0.2, 0) is 11.8 Å². The minimum atomic E-state index is -1.00. The van der Waals surface area contributed by atoms with E-state index in [0.29, 0.717) is 16.7 Å². The molecule has 0 radical (unpaired) electrons. The van der Waals surface area contributed by atoms with Crippen LogP contribution in [0.25, 0.3) is 28.2 Å². The Labute approximate surface area is 163 Å². The van der Waals surface area contributed by atoms with Gasteiger partial charge in [-0.25, -0.2) is 4.79 Å². The molecule has 6 heteroatoms. The van der Waals surface area contributed by atoms with Gasteiger partial charge in [-0.3, -0.25) is 0 Å². The Morgan fingerprint density at radius 3 is 2.39 bits per heavy atom. The van der Waals surface area contributed by atoms with Crippen molar-refractivity contribution in [2.24, 2.45) is 7.05 Å². The molecule has 28 heavy (non-hydrogen) atoms. The fraction of sp³-hybridized carbons (Fsp3) is 0.227. The quantitative estimate of drug-likeness (QED) is 0.642. The van der Waals surface area contributed by atoms with Crippen molar-refractivity contribution in [2.75, 3.05) is 14.2 Å². The lowest BCUT2D eigenvalue weighted by Crippen LogP contribution is -1.98. The molecule has 0 amide bonds. The van der Waals surface area contributed by atoms with Crippen LogP contribution in [0.4, 0.5) is 0 Å². The Morgan fingerprint density at radius 1 is 1.14 bits per heavy atom. The number of fused-ring (bicyclic) bond motifs is 1. The zero-order chi connectivity index (χ0) is 20.6. The molecule has 6 nitrogen and oxygen atoms in total. The molecule has 0 atom stereocenters. The molecular weight excluding hydrogens is 358 g/mol. The van der Waals surface area contributed by atoms with E-state index in [4.69, 9.17) is 9.47 Å². The highest BCUT2D eigenvalue weighted by Gasteiger charge is 2.23. The van der Waals surface area contributed by atoms with E-state index < -0.39 is 5.97 Å². The fourth-order valence-corrected chi connectivity index (χ4v) is 3.64. The maximum atomic E-state index is 11.4. The van der Waals surface area contributed by atoms with Crippen LogP contribution in [0.15, 0.2) is 35.9 Å². The highest BCUT2D eigenvalue weighted by Crippen LogP contribution is 2.45. The average molecular weight is 381 g/mol. The van der Waals surface area contributed by atoms with Gasteiger partial charge in [-0.05, 0) is 43.7 Å². The summed E-state index contributed by atoms with van der Waals surface area (Å²) in [5, 5.41) is 20.7. The van der Waals surface area contributed by atoms with Gasteiger partial charge in [0.1, 0.15) is 5.75 Å². The van der Waals surface area contributed by atoms with Gasteiger partial charge in [-0.2, -0.15) is 0 Å². The first-order valence-electron chi connectivity index (χ1n) is 8.75. The van der Waals surface area contributed by atoms with Crippen molar-refractivity contribution in [3.63, 3.8) is 0 Å². The van der Waals surface area contributed by atoms with Gasteiger partial charge in [0.15, 0.2) is 11.5 Å². The number of benzene rings is 2. The summed E-state index contributed by atoms with van der Waals surface area (Å²) in [4.78, 5) is 11.4. The number of phenols is 1. The summed E-state index contributed by atoms with van der Waals surface area (Å²) in [5.41, 5.74) is 4.16. The first-order valence-corrected chi connectivity index (χ1v) is 8.75. The average Bonchev–Trinajstić information content (AvgIpc) is 2.94. The monoisotopic (exact) mass is 381 g/mol. The van der Waals surface area contributed by atoms with Gasteiger partial charge < -0.3 is 24.3 Å². The van der Waals surface area contributed by atoms with Gasteiger partial charge in [0.2, 0.25) is 0 Å². The Kier molecular flexibility index (Phi) is 5.05. The number of carboxylic acid groups (broad SMARTS) is 1. The molecule has 146 valence electrons. The first kappa shape index (κ1) is 19.4. The number of phenolic OH excluding ortho intramolecular Hbond substituents is 1. The minimum Gasteiger partial charge on any atom is -0.504 e. The first-order chi connectivity index (χ1) is 13.3. The second kappa shape index (κ2) is 7.31. The molecule has 0 unspecified atom stereocenters. The van der Waals surface area contributed by atoms with E-state index in [9.17, 15) is 15.0 Å². The van der Waals surface area contributed by atoms with Crippen LogP contribution in [0.2, 0.25) is 0 Å². The maximum Gasteiger partial charge on any atom is 0.331 e. The maximum absolute atomic E-state index is 11.4. The second-order valence-electron chi connectivity index (χ2n) is 6.61. The molecule has 0 aliphatic heterocycles. The van der Waals surface area contributed by atoms with E-state index in [2.05, 4.69) is 0 Å². The van der Waals surface area contributed by atoms with Gasteiger partial charge >= 0.3 is 5.97 Å². The van der Waals surface area contributed by atoms with Gasteiger partial charge in [0.25, 0.3) is 0 Å². The minimum absolute atomic E-state index is 0.0249. The van der Waals surface area contributed by atoms with Crippen molar-refractivity contribution in [1.29, 1.82) is 0 Å².